The smallest absolute Gasteiger partial charge is 0.133 e. The van der Waals surface area contributed by atoms with Gasteiger partial charge in [-0.2, -0.15) is 0 Å². The third kappa shape index (κ3) is 2.85. The summed E-state index contributed by atoms with van der Waals surface area (Å²) in [7, 11) is 0. The number of aryl methyl sites for hydroxylation is 1. The van der Waals surface area contributed by atoms with Gasteiger partial charge in [-0.1, -0.05) is 20.8 Å². The van der Waals surface area contributed by atoms with Crippen molar-refractivity contribution in [3.63, 3.8) is 0 Å². The third-order valence-corrected chi connectivity index (χ3v) is 4.34. The lowest BCUT2D eigenvalue weighted by Crippen LogP contribution is -2.46. The lowest BCUT2D eigenvalue weighted by atomic mass is 9.86. The summed E-state index contributed by atoms with van der Waals surface area (Å²) in [4.78, 5) is 11.5. The van der Waals surface area contributed by atoms with Gasteiger partial charge in [0, 0.05) is 25.1 Å². The summed E-state index contributed by atoms with van der Waals surface area (Å²) >= 11 is 3.49. The Kier molecular flexibility index (Phi) is 4.25. The molecule has 1 fully saturated rings. The molecule has 0 aromatic carbocycles. The normalized spacial score (nSPS) is 28.5. The van der Waals surface area contributed by atoms with Crippen molar-refractivity contribution in [3.05, 3.63) is 16.5 Å². The van der Waals surface area contributed by atoms with Crippen molar-refractivity contribution < 1.29 is 0 Å². The fraction of sp³-hybridized carbons (Fsp3) is 0.714. The Morgan fingerprint density at radius 2 is 2.06 bits per heavy atom. The minimum atomic E-state index is 0.549. The van der Waals surface area contributed by atoms with Gasteiger partial charge < -0.3 is 4.90 Å². The van der Waals surface area contributed by atoms with Crippen molar-refractivity contribution in [2.75, 3.05) is 11.4 Å². The molecule has 18 heavy (non-hydrogen) atoms. The lowest BCUT2D eigenvalue weighted by Gasteiger charge is -2.42. The standard InChI is InChI=1S/C14H22BrN3/c1-5-13-16-12(15)7-14(17-13)18-8-9(2)6-10(3)11(18)4/h7,9-11H,5-6,8H2,1-4H3. The first-order valence-corrected chi connectivity index (χ1v) is 7.60. The minimum Gasteiger partial charge on any atom is -0.353 e. The molecule has 1 aliphatic heterocycles. The van der Waals surface area contributed by atoms with Crippen molar-refractivity contribution in [1.82, 2.24) is 9.97 Å². The summed E-state index contributed by atoms with van der Waals surface area (Å²) < 4.78 is 0.891. The fourth-order valence-corrected chi connectivity index (χ4v) is 3.18. The van der Waals surface area contributed by atoms with Crippen LogP contribution < -0.4 is 4.90 Å². The SMILES string of the molecule is CCc1nc(Br)cc(N2CC(C)CC(C)C2C)n1. The molecule has 2 heterocycles. The minimum absolute atomic E-state index is 0.549. The van der Waals surface area contributed by atoms with Gasteiger partial charge in [0.1, 0.15) is 16.2 Å². The summed E-state index contributed by atoms with van der Waals surface area (Å²) in [5, 5.41) is 0. The Balaban J connectivity index is 2.31. The Hall–Kier alpha value is -0.640. The van der Waals surface area contributed by atoms with E-state index in [-0.39, 0.29) is 0 Å². The van der Waals surface area contributed by atoms with E-state index < -0.39 is 0 Å². The Bertz CT molecular complexity index is 422. The van der Waals surface area contributed by atoms with Crippen LogP contribution in [0.5, 0.6) is 0 Å². The largest absolute Gasteiger partial charge is 0.353 e. The maximum Gasteiger partial charge on any atom is 0.133 e. The Morgan fingerprint density at radius 3 is 2.72 bits per heavy atom. The van der Waals surface area contributed by atoms with E-state index in [0.717, 1.165) is 35.1 Å². The first-order chi connectivity index (χ1) is 8.51. The second kappa shape index (κ2) is 5.55. The molecule has 0 radical (unpaired) electrons. The summed E-state index contributed by atoms with van der Waals surface area (Å²) in [6.45, 7) is 10.2. The van der Waals surface area contributed by atoms with E-state index >= 15 is 0 Å². The number of anilines is 1. The number of piperidine rings is 1. The van der Waals surface area contributed by atoms with Crippen molar-refractivity contribution in [1.29, 1.82) is 0 Å². The summed E-state index contributed by atoms with van der Waals surface area (Å²) in [6, 6.07) is 2.59. The second-order valence-electron chi connectivity index (χ2n) is 5.53. The molecule has 3 nitrogen and oxygen atoms in total. The molecule has 3 unspecified atom stereocenters. The molecule has 0 amide bonds. The lowest BCUT2D eigenvalue weighted by molar-refractivity contribution is 0.295. The average molecular weight is 312 g/mol. The molecule has 0 saturated carbocycles. The number of aromatic nitrogens is 2. The second-order valence-corrected chi connectivity index (χ2v) is 6.34. The molecule has 4 heteroatoms. The highest BCUT2D eigenvalue weighted by molar-refractivity contribution is 9.10. The van der Waals surface area contributed by atoms with Gasteiger partial charge in [-0.25, -0.2) is 9.97 Å². The number of halogens is 1. The van der Waals surface area contributed by atoms with Crippen LogP contribution in [0.4, 0.5) is 5.82 Å². The van der Waals surface area contributed by atoms with Crippen molar-refractivity contribution in [2.45, 2.75) is 46.6 Å². The van der Waals surface area contributed by atoms with Crippen LogP contribution in [0.1, 0.15) is 39.9 Å². The van der Waals surface area contributed by atoms with Gasteiger partial charge in [-0.15, -0.1) is 0 Å². The van der Waals surface area contributed by atoms with Gasteiger partial charge >= 0.3 is 0 Å². The molecule has 100 valence electrons. The van der Waals surface area contributed by atoms with Crippen molar-refractivity contribution in [2.24, 2.45) is 11.8 Å². The van der Waals surface area contributed by atoms with E-state index in [2.05, 4.69) is 58.5 Å². The first-order valence-electron chi connectivity index (χ1n) is 6.81. The van der Waals surface area contributed by atoms with Crippen LogP contribution in [0.25, 0.3) is 0 Å². The van der Waals surface area contributed by atoms with Crippen molar-refractivity contribution in [3.8, 4) is 0 Å². The highest BCUT2D eigenvalue weighted by atomic mass is 79.9. The molecule has 0 aliphatic carbocycles. The van der Waals surface area contributed by atoms with Gasteiger partial charge in [0.05, 0.1) is 0 Å². The maximum absolute atomic E-state index is 4.68. The number of hydrogen-bond donors (Lipinski definition) is 0. The van der Waals surface area contributed by atoms with Gasteiger partial charge in [0.2, 0.25) is 0 Å². The first kappa shape index (κ1) is 13.8. The summed E-state index contributed by atoms with van der Waals surface area (Å²) in [6.07, 6.45) is 2.18. The van der Waals surface area contributed by atoms with E-state index in [4.69, 9.17) is 0 Å². The van der Waals surface area contributed by atoms with E-state index in [0.29, 0.717) is 12.0 Å². The Morgan fingerprint density at radius 1 is 1.33 bits per heavy atom. The van der Waals surface area contributed by atoms with Crippen LogP contribution in [-0.4, -0.2) is 22.6 Å². The molecular formula is C14H22BrN3. The molecule has 3 atom stereocenters. The van der Waals surface area contributed by atoms with E-state index in [1.165, 1.54) is 6.42 Å². The zero-order chi connectivity index (χ0) is 13.3. The molecule has 1 aliphatic rings. The molecule has 0 N–H and O–H groups in total. The highest BCUT2D eigenvalue weighted by Crippen LogP contribution is 2.31. The van der Waals surface area contributed by atoms with Crippen LogP contribution in [-0.2, 0) is 6.42 Å². The van der Waals surface area contributed by atoms with Gasteiger partial charge in [-0.3, -0.25) is 0 Å². The van der Waals surface area contributed by atoms with Gasteiger partial charge in [-0.05, 0) is 41.1 Å². The summed E-state index contributed by atoms with van der Waals surface area (Å²) in [5.74, 6) is 3.43. The molecule has 0 bridgehead atoms. The highest BCUT2D eigenvalue weighted by Gasteiger charge is 2.29. The number of hydrogen-bond acceptors (Lipinski definition) is 3. The van der Waals surface area contributed by atoms with Gasteiger partial charge in [0.25, 0.3) is 0 Å². The van der Waals surface area contributed by atoms with Crippen LogP contribution in [0.2, 0.25) is 0 Å². The topological polar surface area (TPSA) is 29.0 Å². The monoisotopic (exact) mass is 311 g/mol. The predicted molar refractivity (Wildman–Crippen MR) is 78.9 cm³/mol. The van der Waals surface area contributed by atoms with E-state index in [9.17, 15) is 0 Å². The molecule has 1 aromatic heterocycles. The third-order valence-electron chi connectivity index (χ3n) is 3.94. The van der Waals surface area contributed by atoms with Crippen LogP contribution in [0.3, 0.4) is 0 Å². The van der Waals surface area contributed by atoms with Crippen LogP contribution in [0, 0.1) is 11.8 Å². The maximum atomic E-state index is 4.68. The predicted octanol–water partition coefficient (Wildman–Crippen LogP) is 3.67. The fourth-order valence-electron chi connectivity index (χ4n) is 2.77. The average Bonchev–Trinajstić information content (AvgIpc) is 2.32. The van der Waals surface area contributed by atoms with Crippen molar-refractivity contribution >= 4 is 21.7 Å². The molecule has 1 saturated heterocycles. The molecule has 0 spiro atoms. The van der Waals surface area contributed by atoms with Gasteiger partial charge in [0.15, 0.2) is 0 Å². The van der Waals surface area contributed by atoms with E-state index in [1.54, 1.807) is 0 Å². The van der Waals surface area contributed by atoms with E-state index in [1.807, 2.05) is 6.07 Å². The van der Waals surface area contributed by atoms with Crippen LogP contribution in [0.15, 0.2) is 10.7 Å². The Labute approximate surface area is 118 Å². The quantitative estimate of drug-likeness (QED) is 0.780. The molecule has 2 rings (SSSR count). The summed E-state index contributed by atoms with van der Waals surface area (Å²) in [5.41, 5.74) is 0. The van der Waals surface area contributed by atoms with Crippen LogP contribution >= 0.6 is 15.9 Å². The zero-order valence-electron chi connectivity index (χ0n) is 11.7. The number of nitrogens with zero attached hydrogens (tertiary/aromatic N) is 3. The number of rotatable bonds is 2. The molecule has 1 aromatic rings. The zero-order valence-corrected chi connectivity index (χ0v) is 13.2. The molecular weight excluding hydrogens is 290 g/mol.